The average Bonchev–Trinajstić information content (AvgIpc) is 2.46. The second-order valence-corrected chi connectivity index (χ2v) is 5.55. The summed E-state index contributed by atoms with van der Waals surface area (Å²) in [5.74, 6) is 0.530. The summed E-state index contributed by atoms with van der Waals surface area (Å²) in [5.41, 5.74) is 8.15. The summed E-state index contributed by atoms with van der Waals surface area (Å²) in [4.78, 5) is 2.71. The van der Waals surface area contributed by atoms with Crippen LogP contribution in [0.3, 0.4) is 0 Å². The van der Waals surface area contributed by atoms with Gasteiger partial charge in [-0.2, -0.15) is 0 Å². The van der Waals surface area contributed by atoms with E-state index in [0.29, 0.717) is 19.1 Å². The first-order valence-corrected chi connectivity index (χ1v) is 7.57. The highest BCUT2D eigenvalue weighted by Crippen LogP contribution is 2.32. The molecule has 0 aliphatic carbocycles. The van der Waals surface area contributed by atoms with Crippen molar-refractivity contribution in [3.8, 4) is 0 Å². The van der Waals surface area contributed by atoms with Crippen LogP contribution in [0.15, 0.2) is 5.11 Å². The van der Waals surface area contributed by atoms with Crippen LogP contribution in [0.1, 0.15) is 46.5 Å². The molecule has 1 saturated heterocycles. The van der Waals surface area contributed by atoms with Gasteiger partial charge in [0.2, 0.25) is 0 Å². The van der Waals surface area contributed by atoms with Gasteiger partial charge in [0.05, 0.1) is 6.10 Å². The van der Waals surface area contributed by atoms with Crippen LogP contribution in [0.2, 0.25) is 0 Å². The van der Waals surface area contributed by atoms with Gasteiger partial charge in [0.1, 0.15) is 6.10 Å². The predicted molar refractivity (Wildman–Crippen MR) is 77.1 cm³/mol. The van der Waals surface area contributed by atoms with Gasteiger partial charge in [-0.1, -0.05) is 32.3 Å². The highest BCUT2D eigenvalue weighted by molar-refractivity contribution is 4.83. The molecule has 20 heavy (non-hydrogen) atoms. The smallest absolute Gasteiger partial charge is 0.183 e. The SMILES string of the molecule is CCC1O[C@H](OCCCCCN=[N+]=[N-])C(O)[C@@H](C)[C@@H]1C. The highest BCUT2D eigenvalue weighted by Gasteiger charge is 2.40. The number of nitrogens with zero attached hydrogens (tertiary/aromatic N) is 3. The predicted octanol–water partition coefficient (Wildman–Crippen LogP) is 3.25. The Kier molecular flexibility index (Phi) is 7.92. The molecule has 1 aliphatic heterocycles. The van der Waals surface area contributed by atoms with E-state index in [2.05, 4.69) is 30.8 Å². The normalized spacial score (nSPS) is 33.7. The summed E-state index contributed by atoms with van der Waals surface area (Å²) in [7, 11) is 0. The minimum Gasteiger partial charge on any atom is -0.388 e. The fourth-order valence-corrected chi connectivity index (χ4v) is 2.59. The zero-order valence-electron chi connectivity index (χ0n) is 12.7. The van der Waals surface area contributed by atoms with E-state index in [9.17, 15) is 5.11 Å². The van der Waals surface area contributed by atoms with Gasteiger partial charge in [0.25, 0.3) is 0 Å². The Morgan fingerprint density at radius 3 is 2.65 bits per heavy atom. The molecule has 1 aliphatic rings. The van der Waals surface area contributed by atoms with Gasteiger partial charge < -0.3 is 14.6 Å². The Balaban J connectivity index is 2.26. The third-order valence-electron chi connectivity index (χ3n) is 4.19. The molecule has 6 nitrogen and oxygen atoms in total. The zero-order chi connectivity index (χ0) is 15.0. The number of rotatable bonds is 8. The van der Waals surface area contributed by atoms with Crippen LogP contribution in [0.25, 0.3) is 10.4 Å². The molecule has 1 rings (SSSR count). The lowest BCUT2D eigenvalue weighted by molar-refractivity contribution is -0.270. The summed E-state index contributed by atoms with van der Waals surface area (Å²) < 4.78 is 11.5. The van der Waals surface area contributed by atoms with Crippen LogP contribution in [0, 0.1) is 11.8 Å². The molecule has 2 unspecified atom stereocenters. The van der Waals surface area contributed by atoms with Gasteiger partial charge in [0, 0.05) is 18.1 Å². The van der Waals surface area contributed by atoms with E-state index in [1.807, 2.05) is 0 Å². The van der Waals surface area contributed by atoms with Crippen molar-refractivity contribution >= 4 is 0 Å². The van der Waals surface area contributed by atoms with Crippen molar-refractivity contribution in [3.63, 3.8) is 0 Å². The Morgan fingerprint density at radius 2 is 2.00 bits per heavy atom. The molecular formula is C14H27N3O3. The molecule has 0 bridgehead atoms. The molecule has 0 amide bonds. The van der Waals surface area contributed by atoms with E-state index >= 15 is 0 Å². The fraction of sp³-hybridized carbons (Fsp3) is 1.00. The Morgan fingerprint density at radius 1 is 1.25 bits per heavy atom. The van der Waals surface area contributed by atoms with Crippen molar-refractivity contribution in [3.05, 3.63) is 10.4 Å². The molecule has 6 heteroatoms. The van der Waals surface area contributed by atoms with Crippen molar-refractivity contribution in [1.82, 2.24) is 0 Å². The maximum atomic E-state index is 10.2. The van der Waals surface area contributed by atoms with Crippen molar-refractivity contribution in [2.75, 3.05) is 13.2 Å². The maximum absolute atomic E-state index is 10.2. The quantitative estimate of drug-likeness (QED) is 0.321. The molecule has 116 valence electrons. The summed E-state index contributed by atoms with van der Waals surface area (Å²) in [6, 6.07) is 0. The van der Waals surface area contributed by atoms with Crippen molar-refractivity contribution in [2.45, 2.75) is 65.0 Å². The van der Waals surface area contributed by atoms with Crippen LogP contribution >= 0.6 is 0 Å². The topological polar surface area (TPSA) is 87.5 Å². The molecule has 0 saturated carbocycles. The first kappa shape index (κ1) is 17.2. The monoisotopic (exact) mass is 285 g/mol. The summed E-state index contributed by atoms with van der Waals surface area (Å²) >= 11 is 0. The van der Waals surface area contributed by atoms with Gasteiger partial charge in [-0.05, 0) is 36.6 Å². The molecule has 0 aromatic rings. The van der Waals surface area contributed by atoms with E-state index in [1.165, 1.54) is 0 Å². The number of ether oxygens (including phenoxy) is 2. The van der Waals surface area contributed by atoms with E-state index in [0.717, 1.165) is 25.7 Å². The van der Waals surface area contributed by atoms with Gasteiger partial charge in [-0.3, -0.25) is 0 Å². The van der Waals surface area contributed by atoms with E-state index in [1.54, 1.807) is 0 Å². The van der Waals surface area contributed by atoms with Gasteiger partial charge in [-0.25, -0.2) is 0 Å². The third kappa shape index (κ3) is 4.94. The van der Waals surface area contributed by atoms with E-state index in [-0.39, 0.29) is 12.0 Å². The number of aliphatic hydroxyl groups excluding tert-OH is 1. The van der Waals surface area contributed by atoms with Crippen LogP contribution in [-0.2, 0) is 9.47 Å². The maximum Gasteiger partial charge on any atom is 0.183 e. The fourth-order valence-electron chi connectivity index (χ4n) is 2.59. The standard InChI is InChI=1S/C14H27N3O3/c1-4-12-10(2)11(3)13(18)14(20-12)19-9-7-5-6-8-16-17-15/h10-14,18H,4-9H2,1-3H3/t10-,11-,12?,13?,14-/m0/s1. The molecule has 0 spiro atoms. The molecule has 0 aromatic carbocycles. The molecular weight excluding hydrogens is 258 g/mol. The largest absolute Gasteiger partial charge is 0.388 e. The Labute approximate surface area is 121 Å². The summed E-state index contributed by atoms with van der Waals surface area (Å²) in [6.07, 6.45) is 2.72. The Hall–Kier alpha value is -0.810. The van der Waals surface area contributed by atoms with Crippen LogP contribution in [0.4, 0.5) is 0 Å². The molecule has 1 fully saturated rings. The molecule has 0 radical (unpaired) electrons. The molecule has 5 atom stereocenters. The van der Waals surface area contributed by atoms with E-state index in [4.69, 9.17) is 15.0 Å². The number of azide groups is 1. The number of aliphatic hydroxyl groups is 1. The summed E-state index contributed by atoms with van der Waals surface area (Å²) in [5, 5.41) is 13.7. The minimum atomic E-state index is -0.559. The van der Waals surface area contributed by atoms with Crippen molar-refractivity contribution < 1.29 is 14.6 Å². The molecule has 0 aromatic heterocycles. The summed E-state index contributed by atoms with van der Waals surface area (Å²) in [6.45, 7) is 7.37. The van der Waals surface area contributed by atoms with Gasteiger partial charge in [-0.15, -0.1) is 0 Å². The van der Waals surface area contributed by atoms with Crippen LogP contribution in [-0.4, -0.2) is 36.8 Å². The first-order valence-electron chi connectivity index (χ1n) is 7.57. The average molecular weight is 285 g/mol. The number of hydrogen-bond donors (Lipinski definition) is 1. The lowest BCUT2D eigenvalue weighted by Gasteiger charge is -2.42. The third-order valence-corrected chi connectivity index (χ3v) is 4.19. The van der Waals surface area contributed by atoms with Gasteiger partial charge in [0.15, 0.2) is 6.29 Å². The van der Waals surface area contributed by atoms with Crippen LogP contribution in [0.5, 0.6) is 0 Å². The van der Waals surface area contributed by atoms with E-state index < -0.39 is 12.4 Å². The second kappa shape index (κ2) is 9.19. The first-order chi connectivity index (χ1) is 9.61. The van der Waals surface area contributed by atoms with Crippen LogP contribution < -0.4 is 0 Å². The lowest BCUT2D eigenvalue weighted by Crippen LogP contribution is -2.50. The lowest BCUT2D eigenvalue weighted by atomic mass is 9.83. The van der Waals surface area contributed by atoms with Crippen molar-refractivity contribution in [1.29, 1.82) is 0 Å². The minimum absolute atomic E-state index is 0.156. The second-order valence-electron chi connectivity index (χ2n) is 5.55. The zero-order valence-corrected chi connectivity index (χ0v) is 12.7. The molecule has 1 N–H and O–H groups in total. The van der Waals surface area contributed by atoms with Crippen molar-refractivity contribution in [2.24, 2.45) is 17.0 Å². The number of unbranched alkanes of at least 4 members (excludes halogenated alkanes) is 2. The Bertz CT molecular complexity index is 319. The number of hydrogen-bond acceptors (Lipinski definition) is 4. The van der Waals surface area contributed by atoms with Gasteiger partial charge >= 0.3 is 0 Å². The molecule has 1 heterocycles. The highest BCUT2D eigenvalue weighted by atomic mass is 16.7.